The van der Waals surface area contributed by atoms with Crippen molar-refractivity contribution in [2.75, 3.05) is 79.4 Å². The number of nitro benzene ring substituents is 1. The molecule has 4 saturated heterocycles. The van der Waals surface area contributed by atoms with E-state index in [1.165, 1.54) is 57.1 Å². The number of rotatable bonds is 32. The van der Waals surface area contributed by atoms with Gasteiger partial charge in [-0.25, -0.2) is 31.2 Å². The lowest BCUT2D eigenvalue weighted by Crippen LogP contribution is -2.52. The van der Waals surface area contributed by atoms with Gasteiger partial charge >= 0.3 is 18.3 Å². The molecule has 10 atom stereocenters. The van der Waals surface area contributed by atoms with Crippen LogP contribution < -0.4 is 34.3 Å². The van der Waals surface area contributed by atoms with Crippen molar-refractivity contribution in [3.05, 3.63) is 143 Å². The second kappa shape index (κ2) is 37.9. The molecule has 2 amide bonds. The molecule has 107 heavy (non-hydrogen) atoms. The number of ether oxygens (including phenoxy) is 12. The zero-order chi connectivity index (χ0) is 77.1. The summed E-state index contributed by atoms with van der Waals surface area (Å²) < 4.78 is 124. The number of sulfonamides is 2. The van der Waals surface area contributed by atoms with Crippen LogP contribution in [0.25, 0.3) is 0 Å². The molecule has 6 aliphatic rings. The summed E-state index contributed by atoms with van der Waals surface area (Å²) in [4.78, 5) is 47.6. The van der Waals surface area contributed by atoms with E-state index in [2.05, 4.69) is 10.6 Å². The van der Waals surface area contributed by atoms with Gasteiger partial charge in [0.2, 0.25) is 33.6 Å². The van der Waals surface area contributed by atoms with Gasteiger partial charge < -0.3 is 87.9 Å². The van der Waals surface area contributed by atoms with Gasteiger partial charge in [0.25, 0.3) is 5.69 Å². The van der Waals surface area contributed by atoms with Gasteiger partial charge in [0.15, 0.2) is 35.6 Å². The minimum atomic E-state index is -4.13. The van der Waals surface area contributed by atoms with Gasteiger partial charge in [0.1, 0.15) is 23.6 Å². The van der Waals surface area contributed by atoms with E-state index in [1.54, 1.807) is 32.9 Å². The van der Waals surface area contributed by atoms with Crippen LogP contribution in [0.15, 0.2) is 131 Å². The molecular formula is C75H101N5O25S2. The summed E-state index contributed by atoms with van der Waals surface area (Å²) >= 11 is 0. The quantitative estimate of drug-likeness (QED) is 0.00583. The summed E-state index contributed by atoms with van der Waals surface area (Å²) in [5.41, 5.74) is -0.0641. The number of non-ortho nitro benzene ring substituents is 1. The summed E-state index contributed by atoms with van der Waals surface area (Å²) in [6.45, 7) is 14.5. The Bertz CT molecular complexity index is 3950. The summed E-state index contributed by atoms with van der Waals surface area (Å²) in [5, 5.41) is 57.8. The fraction of sp³-hybridized carbons (Fsp3) is 0.560. The zero-order valence-corrected chi connectivity index (χ0v) is 63.0. The molecule has 30 nitrogen and oxygen atoms in total. The predicted octanol–water partition coefficient (Wildman–Crippen LogP) is 9.02. The van der Waals surface area contributed by atoms with E-state index in [0.29, 0.717) is 68.3 Å². The van der Waals surface area contributed by atoms with Gasteiger partial charge in [-0.3, -0.25) is 10.1 Å². The Hall–Kier alpha value is -7.99. The number of alkyl carbamates (subject to hydrolysis) is 2. The van der Waals surface area contributed by atoms with Gasteiger partial charge in [-0.1, -0.05) is 101 Å². The maximum Gasteiger partial charge on any atom is 0.514 e. The summed E-state index contributed by atoms with van der Waals surface area (Å²) in [6, 6.07) is 31.0. The minimum absolute atomic E-state index is 0.00347. The number of nitrogens with one attached hydrogen (secondary N) is 2. The Morgan fingerprint density at radius 3 is 1.43 bits per heavy atom. The molecule has 0 saturated carbocycles. The largest absolute Gasteiger partial charge is 0.514 e. The Balaban J connectivity index is 0.000000197. The van der Waals surface area contributed by atoms with Crippen LogP contribution in [0.1, 0.15) is 111 Å². The summed E-state index contributed by atoms with van der Waals surface area (Å²) in [7, 11) is -8.23. The minimum Gasteiger partial charge on any atom is -0.454 e. The van der Waals surface area contributed by atoms with Crippen LogP contribution in [0.5, 0.6) is 28.7 Å². The second-order valence-electron chi connectivity index (χ2n) is 29.6. The maximum absolute atomic E-state index is 14.2. The Kier molecular flexibility index (Phi) is 29.4. The van der Waals surface area contributed by atoms with E-state index in [9.17, 15) is 61.8 Å². The molecule has 5 aromatic carbocycles. The van der Waals surface area contributed by atoms with Crippen LogP contribution in [-0.2, 0) is 66.0 Å². The number of carbonyl (C=O) groups is 3. The molecule has 8 unspecified atom stereocenters. The molecule has 6 N–H and O–H groups in total. The highest BCUT2D eigenvalue weighted by atomic mass is 32.2. The molecule has 11 rings (SSSR count). The third-order valence-corrected chi connectivity index (χ3v) is 22.3. The molecule has 0 aromatic heterocycles. The highest BCUT2D eigenvalue weighted by molar-refractivity contribution is 7.89. The van der Waals surface area contributed by atoms with Gasteiger partial charge in [0.05, 0.1) is 77.3 Å². The molecule has 5 aromatic rings. The SMILES string of the molecule is CC(C)(CCCCO)CN(CC(O)[C@H](Cc1ccccc1)NC(=O)OC(C)(C)C)S(=O)(=O)c1ccc2c(c1)OCO2.CC(C)(CCCCO)CN(CC(O)[C@H](Cc1ccccc1)NC(=O)OC1COC2OCCC12)S(=O)(=O)c1ccc2c(c1)OCO2.O=C(Oc1ccc([N+](=O)[O-])cc1)OC1COC2OCCC12. The van der Waals surface area contributed by atoms with Crippen LogP contribution >= 0.6 is 0 Å². The number of hydrogen-bond acceptors (Lipinski definition) is 25. The molecule has 0 spiro atoms. The van der Waals surface area contributed by atoms with E-state index in [0.717, 1.165) is 30.4 Å². The zero-order valence-electron chi connectivity index (χ0n) is 61.4. The highest BCUT2D eigenvalue weighted by Crippen LogP contribution is 2.40. The first kappa shape index (κ1) is 83.1. The van der Waals surface area contributed by atoms with Crippen molar-refractivity contribution < 1.29 is 113 Å². The van der Waals surface area contributed by atoms with Crippen LogP contribution in [0.2, 0.25) is 0 Å². The number of unbranched alkanes of at least 4 members (excludes halogenated alkanes) is 2. The van der Waals surface area contributed by atoms with Crippen molar-refractivity contribution in [3.8, 4) is 28.7 Å². The maximum atomic E-state index is 14.2. The molecule has 0 radical (unpaired) electrons. The number of benzene rings is 5. The number of carbonyl (C=O) groups excluding carboxylic acids is 3. The summed E-state index contributed by atoms with van der Waals surface area (Å²) in [6.07, 6.45) is -0.407. The van der Waals surface area contributed by atoms with Crippen molar-refractivity contribution >= 4 is 44.1 Å². The normalized spacial score (nSPS) is 20.5. The molecule has 0 aliphatic carbocycles. The molecular weight excluding hydrogens is 1430 g/mol. The van der Waals surface area contributed by atoms with Crippen molar-refractivity contribution in [2.24, 2.45) is 22.7 Å². The Labute approximate surface area is 624 Å². The number of fused-ring (bicyclic) bond motifs is 4. The van der Waals surface area contributed by atoms with Crippen molar-refractivity contribution in [3.63, 3.8) is 0 Å². The third kappa shape index (κ3) is 24.3. The number of nitrogens with zero attached hydrogens (tertiary/aromatic N) is 3. The van der Waals surface area contributed by atoms with Crippen LogP contribution in [0, 0.1) is 32.8 Å². The van der Waals surface area contributed by atoms with Gasteiger partial charge in [-0.2, -0.15) is 8.61 Å². The Morgan fingerprint density at radius 2 is 1.00 bits per heavy atom. The first-order chi connectivity index (χ1) is 50.9. The number of nitro groups is 1. The lowest BCUT2D eigenvalue weighted by atomic mass is 9.87. The molecule has 32 heteroatoms. The average Bonchev–Trinajstić information content (AvgIpc) is 1.76. The smallest absolute Gasteiger partial charge is 0.454 e. The fourth-order valence-electron chi connectivity index (χ4n) is 13.1. The van der Waals surface area contributed by atoms with Crippen molar-refractivity contribution in [1.29, 1.82) is 0 Å². The fourth-order valence-corrected chi connectivity index (χ4v) is 16.5. The summed E-state index contributed by atoms with van der Waals surface area (Å²) in [5.74, 6) is 1.75. The predicted molar refractivity (Wildman–Crippen MR) is 386 cm³/mol. The number of hydrogen-bond donors (Lipinski definition) is 6. The lowest BCUT2D eigenvalue weighted by Gasteiger charge is -2.35. The van der Waals surface area contributed by atoms with E-state index in [-0.39, 0.29) is 131 Å². The van der Waals surface area contributed by atoms with E-state index >= 15 is 0 Å². The molecule has 4 fully saturated rings. The van der Waals surface area contributed by atoms with Gasteiger partial charge in [-0.05, 0) is 130 Å². The monoisotopic (exact) mass is 1540 g/mol. The standard InChI is InChI=1S/C32H44N2O10S.C30H44N2O8S.C13H13NO7/c1-32(2,13-6-7-14-35)20-34(45(38,39)23-10-11-27-28(17-23)43-21-42-27)18-26(36)25(16-22-8-4-3-5-9-22)33-31(37)44-29-19-41-30-24(29)12-15-40-30;1-29(2,3)40-28(35)31-24(17-22-11-7-6-8-12-22)25(34)19-32(20-30(4,5)15-9-10-16-33)41(36,37)23-13-14-26-27(18-23)39-21-38-26;15-13(20-9-3-1-8(2-4-9)14(16)17)21-11-7-19-12-10(11)5-6-18-12/h3-5,8-11,17,24-26,29-30,35-36H,6-7,12-16,18-21H2,1-2H3,(H,33,37);6-8,11-14,18,24-25,33-34H,9-10,15-17,19-21H2,1-5H3,(H,31,35);1-4,10-12H,5-7H2/t24?,25-,26?,29?,30?;24-,25?;/m00./s1. The van der Waals surface area contributed by atoms with Crippen LogP contribution in [0.3, 0.4) is 0 Å². The first-order valence-electron chi connectivity index (χ1n) is 35.9. The molecule has 6 aliphatic heterocycles. The topological polar surface area (TPSA) is 385 Å². The molecule has 6 heterocycles. The van der Waals surface area contributed by atoms with E-state index in [1.807, 2.05) is 88.4 Å². The van der Waals surface area contributed by atoms with Gasteiger partial charge in [-0.15, -0.1) is 0 Å². The average molecular weight is 1540 g/mol. The van der Waals surface area contributed by atoms with E-state index < -0.39 is 90.1 Å². The van der Waals surface area contributed by atoms with Crippen LogP contribution in [-0.4, -0.2) is 203 Å². The van der Waals surface area contributed by atoms with Crippen molar-refractivity contribution in [2.45, 2.75) is 177 Å². The lowest BCUT2D eigenvalue weighted by molar-refractivity contribution is -0.384. The molecule has 588 valence electrons. The van der Waals surface area contributed by atoms with Gasteiger partial charge in [0, 0.05) is 63.7 Å². The second-order valence-corrected chi connectivity index (χ2v) is 33.5. The van der Waals surface area contributed by atoms with E-state index in [4.69, 9.17) is 56.8 Å². The number of aliphatic hydroxyl groups excluding tert-OH is 4. The Morgan fingerprint density at radius 1 is 0.570 bits per heavy atom. The van der Waals surface area contributed by atoms with Crippen molar-refractivity contribution in [1.82, 2.24) is 19.2 Å². The molecule has 0 bridgehead atoms. The number of amides is 2. The van der Waals surface area contributed by atoms with Crippen LogP contribution in [0.4, 0.5) is 20.1 Å². The number of aliphatic hydroxyl groups is 4. The highest BCUT2D eigenvalue weighted by Gasteiger charge is 2.46. The third-order valence-electron chi connectivity index (χ3n) is 18.7. The first-order valence-corrected chi connectivity index (χ1v) is 38.8.